The zero-order chi connectivity index (χ0) is 13.8. The summed E-state index contributed by atoms with van der Waals surface area (Å²) < 4.78 is 44.7. The van der Waals surface area contributed by atoms with Crippen molar-refractivity contribution in [3.05, 3.63) is 28.5 Å². The second kappa shape index (κ2) is 6.60. The minimum Gasteiger partial charge on any atom is -0.383 e. The Morgan fingerprint density at radius 3 is 2.67 bits per heavy atom. The van der Waals surface area contributed by atoms with Crippen molar-refractivity contribution in [2.45, 2.75) is 24.3 Å². The first kappa shape index (κ1) is 15.6. The Labute approximate surface area is 115 Å². The Balaban J connectivity index is 2.99. The van der Waals surface area contributed by atoms with Crippen molar-refractivity contribution >= 4 is 26.0 Å². The molecule has 7 heteroatoms. The van der Waals surface area contributed by atoms with Crippen molar-refractivity contribution in [3.63, 3.8) is 0 Å². The lowest BCUT2D eigenvalue weighted by atomic mass is 10.3. The van der Waals surface area contributed by atoms with Gasteiger partial charge in [0.2, 0.25) is 10.0 Å². The van der Waals surface area contributed by atoms with Crippen LogP contribution in [-0.2, 0) is 14.8 Å². The lowest BCUT2D eigenvalue weighted by molar-refractivity contribution is 0.173. The quantitative estimate of drug-likeness (QED) is 0.865. The number of nitrogens with one attached hydrogen (secondary N) is 1. The fourth-order valence-electron chi connectivity index (χ4n) is 1.41. The van der Waals surface area contributed by atoms with Crippen LogP contribution in [0.2, 0.25) is 0 Å². The fourth-order valence-corrected chi connectivity index (χ4v) is 3.77. The highest BCUT2D eigenvalue weighted by molar-refractivity contribution is 9.10. The van der Waals surface area contributed by atoms with E-state index in [1.807, 2.05) is 6.92 Å². The molecule has 0 amide bonds. The van der Waals surface area contributed by atoms with Gasteiger partial charge in [0.05, 0.1) is 11.5 Å². The Morgan fingerprint density at radius 2 is 2.17 bits per heavy atom. The van der Waals surface area contributed by atoms with Gasteiger partial charge in [-0.05, 0) is 40.5 Å². The normalized spacial score (nSPS) is 13.6. The molecular formula is C11H15BrFNO3S. The molecule has 0 aliphatic rings. The minimum absolute atomic E-state index is 0.0125. The van der Waals surface area contributed by atoms with Gasteiger partial charge in [0.25, 0.3) is 0 Å². The third-order valence-electron chi connectivity index (χ3n) is 2.37. The molecule has 0 aliphatic heterocycles. The van der Waals surface area contributed by atoms with Gasteiger partial charge in [-0.25, -0.2) is 17.5 Å². The lowest BCUT2D eigenvalue weighted by Gasteiger charge is -2.16. The van der Waals surface area contributed by atoms with E-state index < -0.39 is 15.8 Å². The van der Waals surface area contributed by atoms with Gasteiger partial charge >= 0.3 is 0 Å². The molecule has 1 aromatic rings. The van der Waals surface area contributed by atoms with Crippen LogP contribution in [-0.4, -0.2) is 28.2 Å². The molecule has 0 aliphatic carbocycles. The van der Waals surface area contributed by atoms with Crippen molar-refractivity contribution < 1.29 is 17.5 Å². The molecule has 0 spiro atoms. The summed E-state index contributed by atoms with van der Waals surface area (Å²) in [6.07, 6.45) is 0.603. The molecule has 0 fully saturated rings. The molecule has 0 heterocycles. The summed E-state index contributed by atoms with van der Waals surface area (Å²) in [6.45, 7) is 2.14. The summed E-state index contributed by atoms with van der Waals surface area (Å²) in [7, 11) is -2.18. The van der Waals surface area contributed by atoms with E-state index in [1.165, 1.54) is 13.2 Å². The molecule has 1 aromatic carbocycles. The van der Waals surface area contributed by atoms with Gasteiger partial charge in [-0.1, -0.05) is 6.92 Å². The van der Waals surface area contributed by atoms with E-state index in [0.29, 0.717) is 6.42 Å². The van der Waals surface area contributed by atoms with Crippen molar-refractivity contribution in [2.24, 2.45) is 0 Å². The molecular weight excluding hydrogens is 325 g/mol. The summed E-state index contributed by atoms with van der Waals surface area (Å²) in [5.41, 5.74) is 0. The molecule has 0 bridgehead atoms. The Hall–Kier alpha value is -0.500. The van der Waals surface area contributed by atoms with Gasteiger partial charge in [-0.2, -0.15) is 0 Å². The molecule has 102 valence electrons. The molecule has 0 aromatic heterocycles. The van der Waals surface area contributed by atoms with Gasteiger partial charge in [0.15, 0.2) is 0 Å². The number of rotatable bonds is 6. The van der Waals surface area contributed by atoms with Crippen LogP contribution in [0.25, 0.3) is 0 Å². The van der Waals surface area contributed by atoms with Gasteiger partial charge in [-0.3, -0.25) is 0 Å². The van der Waals surface area contributed by atoms with Crippen molar-refractivity contribution in [3.8, 4) is 0 Å². The van der Waals surface area contributed by atoms with Gasteiger partial charge < -0.3 is 4.74 Å². The van der Waals surface area contributed by atoms with Crippen molar-refractivity contribution in [1.82, 2.24) is 4.72 Å². The highest BCUT2D eigenvalue weighted by Gasteiger charge is 2.21. The summed E-state index contributed by atoms with van der Waals surface area (Å²) in [6, 6.07) is 3.14. The molecule has 1 rings (SSSR count). The SMILES string of the molecule is CCC(COC)NS(=O)(=O)c1ccc(F)cc1Br. The van der Waals surface area contributed by atoms with Crippen LogP contribution < -0.4 is 4.72 Å². The van der Waals surface area contributed by atoms with E-state index >= 15 is 0 Å². The first-order valence-corrected chi connectivity index (χ1v) is 7.64. The summed E-state index contributed by atoms with van der Waals surface area (Å²) >= 11 is 3.04. The van der Waals surface area contributed by atoms with Crippen LogP contribution in [0.4, 0.5) is 4.39 Å². The van der Waals surface area contributed by atoms with E-state index in [9.17, 15) is 12.8 Å². The largest absolute Gasteiger partial charge is 0.383 e. The fraction of sp³-hybridized carbons (Fsp3) is 0.455. The average molecular weight is 340 g/mol. The number of ether oxygens (including phenoxy) is 1. The van der Waals surface area contributed by atoms with Crippen LogP contribution in [0.15, 0.2) is 27.6 Å². The molecule has 0 saturated heterocycles. The maximum atomic E-state index is 12.9. The van der Waals surface area contributed by atoms with Gasteiger partial charge in [0.1, 0.15) is 5.82 Å². The minimum atomic E-state index is -3.68. The third kappa shape index (κ3) is 4.01. The molecule has 1 atom stereocenters. The monoisotopic (exact) mass is 339 g/mol. The first-order chi connectivity index (χ1) is 8.40. The standard InChI is InChI=1S/C11H15BrFNO3S/c1-3-9(7-17-2)14-18(15,16)11-5-4-8(13)6-10(11)12/h4-6,9,14H,3,7H2,1-2H3. The van der Waals surface area contributed by atoms with Crippen molar-refractivity contribution in [2.75, 3.05) is 13.7 Å². The second-order valence-corrected chi connectivity index (χ2v) is 6.29. The van der Waals surface area contributed by atoms with Crippen LogP contribution in [0.3, 0.4) is 0 Å². The van der Waals surface area contributed by atoms with E-state index in [1.54, 1.807) is 0 Å². The Bertz CT molecular complexity index is 507. The van der Waals surface area contributed by atoms with E-state index in [2.05, 4.69) is 20.7 Å². The predicted molar refractivity (Wildman–Crippen MR) is 70.4 cm³/mol. The Morgan fingerprint density at radius 1 is 1.50 bits per heavy atom. The maximum Gasteiger partial charge on any atom is 0.242 e. The summed E-state index contributed by atoms with van der Waals surface area (Å²) in [5.74, 6) is -0.496. The van der Waals surface area contributed by atoms with Crippen LogP contribution in [0.5, 0.6) is 0 Å². The van der Waals surface area contributed by atoms with Crippen molar-refractivity contribution in [1.29, 1.82) is 0 Å². The molecule has 4 nitrogen and oxygen atoms in total. The number of sulfonamides is 1. The predicted octanol–water partition coefficient (Wildman–Crippen LogP) is 2.29. The molecule has 1 N–H and O–H groups in total. The maximum absolute atomic E-state index is 12.9. The van der Waals surface area contributed by atoms with Crippen LogP contribution in [0, 0.1) is 5.82 Å². The van der Waals surface area contributed by atoms with E-state index in [4.69, 9.17) is 4.74 Å². The zero-order valence-electron chi connectivity index (χ0n) is 10.1. The Kier molecular flexibility index (Phi) is 5.71. The number of hydrogen-bond acceptors (Lipinski definition) is 3. The van der Waals surface area contributed by atoms with E-state index in [-0.39, 0.29) is 22.0 Å². The lowest BCUT2D eigenvalue weighted by Crippen LogP contribution is -2.37. The average Bonchev–Trinajstić information content (AvgIpc) is 2.27. The number of halogens is 2. The summed E-state index contributed by atoms with van der Waals surface area (Å²) in [5, 5.41) is 0. The zero-order valence-corrected chi connectivity index (χ0v) is 12.5. The van der Waals surface area contributed by atoms with Gasteiger partial charge in [0, 0.05) is 17.6 Å². The molecule has 1 unspecified atom stereocenters. The van der Waals surface area contributed by atoms with Crippen LogP contribution in [0.1, 0.15) is 13.3 Å². The highest BCUT2D eigenvalue weighted by atomic mass is 79.9. The second-order valence-electron chi connectivity index (χ2n) is 3.76. The topological polar surface area (TPSA) is 55.4 Å². The first-order valence-electron chi connectivity index (χ1n) is 5.37. The van der Waals surface area contributed by atoms with Gasteiger partial charge in [-0.15, -0.1) is 0 Å². The third-order valence-corrected chi connectivity index (χ3v) is 4.86. The smallest absolute Gasteiger partial charge is 0.242 e. The van der Waals surface area contributed by atoms with Crippen LogP contribution >= 0.6 is 15.9 Å². The summed E-state index contributed by atoms with van der Waals surface area (Å²) in [4.78, 5) is 0.0125. The highest BCUT2D eigenvalue weighted by Crippen LogP contribution is 2.23. The van der Waals surface area contributed by atoms with E-state index in [0.717, 1.165) is 12.1 Å². The number of hydrogen-bond donors (Lipinski definition) is 1. The molecule has 18 heavy (non-hydrogen) atoms. The number of methoxy groups -OCH3 is 1. The molecule has 0 saturated carbocycles. The molecule has 0 radical (unpaired) electrons. The number of benzene rings is 1.